The van der Waals surface area contributed by atoms with Gasteiger partial charge in [-0.25, -0.2) is 0 Å². The van der Waals surface area contributed by atoms with Crippen LogP contribution in [-0.4, -0.2) is 19.3 Å². The summed E-state index contributed by atoms with van der Waals surface area (Å²) in [5, 5.41) is 0. The first kappa shape index (κ1) is 16.3. The van der Waals surface area contributed by atoms with Crippen LogP contribution in [0.25, 0.3) is 0 Å². The van der Waals surface area contributed by atoms with E-state index in [-0.39, 0.29) is 6.42 Å². The Morgan fingerprint density at radius 2 is 2.11 bits per heavy atom. The molecule has 1 atom stereocenters. The van der Waals surface area contributed by atoms with Crippen molar-refractivity contribution in [2.24, 2.45) is 5.84 Å². The topological polar surface area (TPSA) is 47.3 Å². The number of ether oxygens (including phenoxy) is 1. The van der Waals surface area contributed by atoms with Crippen molar-refractivity contribution in [3.05, 3.63) is 28.2 Å². The molecule has 0 heterocycles. The minimum Gasteiger partial charge on any atom is -0.497 e. The van der Waals surface area contributed by atoms with Crippen molar-refractivity contribution < 1.29 is 17.9 Å². The number of nitrogens with two attached hydrogens (primary N) is 1. The van der Waals surface area contributed by atoms with E-state index < -0.39 is 18.6 Å². The molecule has 0 radical (unpaired) electrons. The number of hydrazine groups is 1. The number of hydrogen-bond donors (Lipinski definition) is 2. The molecule has 108 valence electrons. The van der Waals surface area contributed by atoms with E-state index in [9.17, 15) is 13.2 Å². The van der Waals surface area contributed by atoms with Crippen LogP contribution in [0.1, 0.15) is 18.4 Å². The summed E-state index contributed by atoms with van der Waals surface area (Å²) in [6, 6.07) is 4.91. The van der Waals surface area contributed by atoms with Crippen LogP contribution in [0.3, 0.4) is 0 Å². The van der Waals surface area contributed by atoms with Crippen LogP contribution in [0, 0.1) is 0 Å². The minimum absolute atomic E-state index is 0.0658. The van der Waals surface area contributed by atoms with Crippen LogP contribution in [0.5, 0.6) is 5.75 Å². The van der Waals surface area contributed by atoms with Gasteiger partial charge < -0.3 is 4.74 Å². The molecule has 0 aromatic heterocycles. The van der Waals surface area contributed by atoms with Crippen LogP contribution in [-0.2, 0) is 6.42 Å². The summed E-state index contributed by atoms with van der Waals surface area (Å²) < 4.78 is 42.5. The lowest BCUT2D eigenvalue weighted by molar-refractivity contribution is -0.136. The molecule has 1 aromatic carbocycles. The van der Waals surface area contributed by atoms with Gasteiger partial charge in [0, 0.05) is 16.9 Å². The van der Waals surface area contributed by atoms with E-state index in [2.05, 4.69) is 21.4 Å². The average molecular weight is 341 g/mol. The van der Waals surface area contributed by atoms with Crippen molar-refractivity contribution in [1.82, 2.24) is 5.43 Å². The minimum atomic E-state index is -4.17. The van der Waals surface area contributed by atoms with Gasteiger partial charge in [-0.15, -0.1) is 0 Å². The third-order valence-electron chi connectivity index (χ3n) is 2.73. The molecule has 0 aliphatic carbocycles. The molecule has 3 N–H and O–H groups in total. The second-order valence-electron chi connectivity index (χ2n) is 4.18. The molecule has 0 bridgehead atoms. The first-order chi connectivity index (χ1) is 8.85. The van der Waals surface area contributed by atoms with Crippen LogP contribution in [0.15, 0.2) is 22.7 Å². The van der Waals surface area contributed by atoms with Crippen molar-refractivity contribution in [3.8, 4) is 5.75 Å². The molecule has 0 fully saturated rings. The Morgan fingerprint density at radius 3 is 2.63 bits per heavy atom. The Morgan fingerprint density at radius 1 is 1.42 bits per heavy atom. The monoisotopic (exact) mass is 340 g/mol. The Hall–Kier alpha value is -0.790. The maximum atomic E-state index is 12.2. The predicted octanol–water partition coefficient (Wildman–Crippen LogP) is 3.17. The molecule has 1 unspecified atom stereocenters. The van der Waals surface area contributed by atoms with Gasteiger partial charge in [-0.2, -0.15) is 13.2 Å². The summed E-state index contributed by atoms with van der Waals surface area (Å²) in [5.41, 5.74) is 3.28. The molecule has 1 rings (SSSR count). The van der Waals surface area contributed by atoms with Crippen LogP contribution >= 0.6 is 15.9 Å². The van der Waals surface area contributed by atoms with Gasteiger partial charge in [-0.05, 0) is 36.6 Å². The Labute approximate surface area is 118 Å². The standard InChI is InChI=1S/C12H16BrF3N2O/c1-19-10-2-3-11(13)8(7-10)6-9(18-17)4-5-12(14,15)16/h2-3,7,9,18H,4-6,17H2,1H3. The molecule has 0 saturated heterocycles. The Balaban J connectivity index is 2.69. The summed E-state index contributed by atoms with van der Waals surface area (Å²) in [5.74, 6) is 5.96. The lowest BCUT2D eigenvalue weighted by Gasteiger charge is -2.18. The number of nitrogens with one attached hydrogen (secondary N) is 1. The van der Waals surface area contributed by atoms with E-state index in [1.54, 1.807) is 18.2 Å². The van der Waals surface area contributed by atoms with Gasteiger partial charge in [-0.1, -0.05) is 15.9 Å². The van der Waals surface area contributed by atoms with Gasteiger partial charge in [0.2, 0.25) is 0 Å². The molecular weight excluding hydrogens is 325 g/mol. The SMILES string of the molecule is COc1ccc(Br)c(CC(CCC(F)(F)F)NN)c1. The zero-order valence-electron chi connectivity index (χ0n) is 10.4. The molecule has 7 heteroatoms. The molecular formula is C12H16BrF3N2O. The van der Waals surface area contributed by atoms with Crippen molar-refractivity contribution in [2.45, 2.75) is 31.5 Å². The number of halogens is 4. The van der Waals surface area contributed by atoms with Crippen LogP contribution < -0.4 is 16.0 Å². The number of methoxy groups -OCH3 is 1. The van der Waals surface area contributed by atoms with Crippen molar-refractivity contribution >= 4 is 15.9 Å². The first-order valence-corrected chi connectivity index (χ1v) is 6.50. The highest BCUT2D eigenvalue weighted by Crippen LogP contribution is 2.26. The van der Waals surface area contributed by atoms with Crippen LogP contribution in [0.2, 0.25) is 0 Å². The Kier molecular flexibility index (Phi) is 6.09. The van der Waals surface area contributed by atoms with E-state index >= 15 is 0 Å². The van der Waals surface area contributed by atoms with Crippen molar-refractivity contribution in [1.29, 1.82) is 0 Å². The molecule has 19 heavy (non-hydrogen) atoms. The highest BCUT2D eigenvalue weighted by Gasteiger charge is 2.28. The van der Waals surface area contributed by atoms with Gasteiger partial charge in [0.25, 0.3) is 0 Å². The number of hydrogen-bond acceptors (Lipinski definition) is 3. The smallest absolute Gasteiger partial charge is 0.389 e. The second-order valence-corrected chi connectivity index (χ2v) is 5.03. The number of benzene rings is 1. The number of alkyl halides is 3. The van der Waals surface area contributed by atoms with E-state index in [1.807, 2.05) is 0 Å². The third kappa shape index (κ3) is 5.80. The fourth-order valence-electron chi connectivity index (χ4n) is 1.68. The molecule has 0 aliphatic rings. The average Bonchev–Trinajstić information content (AvgIpc) is 2.35. The largest absolute Gasteiger partial charge is 0.497 e. The first-order valence-electron chi connectivity index (χ1n) is 5.71. The van der Waals surface area contributed by atoms with E-state index in [0.717, 1.165) is 10.0 Å². The predicted molar refractivity (Wildman–Crippen MR) is 70.8 cm³/mol. The highest BCUT2D eigenvalue weighted by atomic mass is 79.9. The fraction of sp³-hybridized carbons (Fsp3) is 0.500. The molecule has 0 spiro atoms. The van der Waals surface area contributed by atoms with Gasteiger partial charge >= 0.3 is 6.18 Å². The zero-order valence-corrected chi connectivity index (χ0v) is 12.0. The summed E-state index contributed by atoms with van der Waals surface area (Å²) in [6.45, 7) is 0. The molecule has 3 nitrogen and oxygen atoms in total. The van der Waals surface area contributed by atoms with Crippen LogP contribution in [0.4, 0.5) is 13.2 Å². The second kappa shape index (κ2) is 7.12. The molecule has 0 amide bonds. The van der Waals surface area contributed by atoms with E-state index in [1.165, 1.54) is 7.11 Å². The Bertz CT molecular complexity index is 412. The highest BCUT2D eigenvalue weighted by molar-refractivity contribution is 9.10. The summed E-state index contributed by atoms with van der Waals surface area (Å²) >= 11 is 3.36. The van der Waals surface area contributed by atoms with Gasteiger partial charge in [-0.3, -0.25) is 11.3 Å². The van der Waals surface area contributed by atoms with E-state index in [0.29, 0.717) is 12.2 Å². The molecule has 0 aliphatic heterocycles. The molecule has 0 saturated carbocycles. The summed E-state index contributed by atoms with van der Waals surface area (Å²) in [4.78, 5) is 0. The third-order valence-corrected chi connectivity index (χ3v) is 3.50. The zero-order chi connectivity index (χ0) is 14.5. The van der Waals surface area contributed by atoms with Gasteiger partial charge in [0.15, 0.2) is 0 Å². The fourth-order valence-corrected chi connectivity index (χ4v) is 2.09. The maximum Gasteiger partial charge on any atom is 0.389 e. The van der Waals surface area contributed by atoms with Crippen molar-refractivity contribution in [2.75, 3.05) is 7.11 Å². The van der Waals surface area contributed by atoms with Gasteiger partial charge in [0.1, 0.15) is 5.75 Å². The lowest BCUT2D eigenvalue weighted by Crippen LogP contribution is -2.37. The summed E-state index contributed by atoms with van der Waals surface area (Å²) in [7, 11) is 1.54. The maximum absolute atomic E-state index is 12.2. The van der Waals surface area contributed by atoms with Crippen molar-refractivity contribution in [3.63, 3.8) is 0 Å². The number of rotatable bonds is 6. The molecule has 1 aromatic rings. The van der Waals surface area contributed by atoms with E-state index in [4.69, 9.17) is 10.6 Å². The quantitative estimate of drug-likeness (QED) is 0.617. The summed E-state index contributed by atoms with van der Waals surface area (Å²) in [6.07, 6.45) is -4.70. The lowest BCUT2D eigenvalue weighted by atomic mass is 10.0. The normalized spacial score (nSPS) is 13.4. The van der Waals surface area contributed by atoms with Gasteiger partial charge in [0.05, 0.1) is 7.11 Å².